The van der Waals surface area contributed by atoms with Crippen LogP contribution in [0.25, 0.3) is 11.5 Å². The van der Waals surface area contributed by atoms with Crippen LogP contribution in [-0.2, 0) is 12.8 Å². The molecule has 0 atom stereocenters. The fourth-order valence-corrected chi connectivity index (χ4v) is 2.98. The lowest BCUT2D eigenvalue weighted by molar-refractivity contribution is 0.424. The number of benzene rings is 1. The van der Waals surface area contributed by atoms with Crippen molar-refractivity contribution >= 4 is 16.3 Å². The first-order valence-corrected chi connectivity index (χ1v) is 7.74. The molecule has 2 heterocycles. The van der Waals surface area contributed by atoms with Crippen LogP contribution in [-0.4, -0.2) is 10.1 Å². The van der Waals surface area contributed by atoms with E-state index in [0.717, 1.165) is 17.0 Å². The van der Waals surface area contributed by atoms with Crippen molar-refractivity contribution in [3.63, 3.8) is 0 Å². The zero-order chi connectivity index (χ0) is 14.8. The third kappa shape index (κ3) is 2.97. The zero-order valence-corrected chi connectivity index (χ0v) is 12.9. The predicted molar refractivity (Wildman–Crippen MR) is 85.4 cm³/mol. The van der Waals surface area contributed by atoms with Gasteiger partial charge in [-0.1, -0.05) is 41.9 Å². The van der Waals surface area contributed by atoms with Crippen molar-refractivity contribution < 1.29 is 4.52 Å². The first-order chi connectivity index (χ1) is 10.2. The summed E-state index contributed by atoms with van der Waals surface area (Å²) in [5.74, 6) is 1.18. The quantitative estimate of drug-likeness (QED) is 0.795. The molecule has 1 aromatic carbocycles. The summed E-state index contributed by atoms with van der Waals surface area (Å²) in [5, 5.41) is 4.78. The second-order valence-electron chi connectivity index (χ2n) is 5.02. The van der Waals surface area contributed by atoms with Crippen LogP contribution in [0.15, 0.2) is 34.9 Å². The molecule has 5 heteroatoms. The van der Waals surface area contributed by atoms with Crippen molar-refractivity contribution in [1.29, 1.82) is 0 Å². The molecule has 0 spiro atoms. The van der Waals surface area contributed by atoms with Gasteiger partial charge in [0, 0.05) is 11.3 Å². The fourth-order valence-electron chi connectivity index (χ4n) is 2.12. The molecule has 0 radical (unpaired) electrons. The number of nitrogens with two attached hydrogens (primary N) is 1. The number of hydrogen-bond acceptors (Lipinski definition) is 5. The Morgan fingerprint density at radius 2 is 2.00 bits per heavy atom. The van der Waals surface area contributed by atoms with Crippen LogP contribution in [0.2, 0.25) is 0 Å². The highest BCUT2D eigenvalue weighted by molar-refractivity contribution is 7.16. The third-order valence-corrected chi connectivity index (χ3v) is 4.45. The van der Waals surface area contributed by atoms with Crippen molar-refractivity contribution in [2.24, 2.45) is 0 Å². The van der Waals surface area contributed by atoms with Gasteiger partial charge in [0.05, 0.1) is 10.6 Å². The number of aromatic nitrogens is 2. The number of hydrogen-bond donors (Lipinski definition) is 1. The Morgan fingerprint density at radius 1 is 1.24 bits per heavy atom. The van der Waals surface area contributed by atoms with E-state index in [9.17, 15) is 0 Å². The number of nitrogens with zero attached hydrogens (tertiary/aromatic N) is 2. The summed E-state index contributed by atoms with van der Waals surface area (Å²) in [6.07, 6.45) is 1.62. The lowest BCUT2D eigenvalue weighted by Gasteiger charge is -1.97. The largest absolute Gasteiger partial charge is 0.390 e. The predicted octanol–water partition coefficient (Wildman–Crippen LogP) is 3.84. The highest BCUT2D eigenvalue weighted by Crippen LogP contribution is 2.33. The van der Waals surface area contributed by atoms with Gasteiger partial charge in [0.2, 0.25) is 0 Å². The molecule has 0 fully saturated rings. The molecule has 0 saturated heterocycles. The highest BCUT2D eigenvalue weighted by atomic mass is 32.1. The first kappa shape index (κ1) is 13.8. The average Bonchev–Trinajstić information content (AvgIpc) is 3.07. The monoisotopic (exact) mass is 299 g/mol. The van der Waals surface area contributed by atoms with Gasteiger partial charge in [0.25, 0.3) is 5.89 Å². The van der Waals surface area contributed by atoms with Gasteiger partial charge in [-0.3, -0.25) is 0 Å². The van der Waals surface area contributed by atoms with Crippen LogP contribution in [0.4, 0.5) is 5.00 Å². The van der Waals surface area contributed by atoms with Gasteiger partial charge in [-0.15, -0.1) is 11.3 Å². The molecule has 4 nitrogen and oxygen atoms in total. The van der Waals surface area contributed by atoms with Crippen LogP contribution < -0.4 is 5.73 Å². The Hall–Kier alpha value is -2.14. The van der Waals surface area contributed by atoms with Crippen LogP contribution in [0.5, 0.6) is 0 Å². The summed E-state index contributed by atoms with van der Waals surface area (Å²) >= 11 is 1.57. The van der Waals surface area contributed by atoms with E-state index in [-0.39, 0.29) is 0 Å². The fraction of sp³-hybridized carbons (Fsp3) is 0.250. The summed E-state index contributed by atoms with van der Waals surface area (Å²) in [5.41, 5.74) is 9.27. The third-order valence-electron chi connectivity index (χ3n) is 3.34. The van der Waals surface area contributed by atoms with E-state index in [4.69, 9.17) is 10.3 Å². The smallest absolute Gasteiger partial charge is 0.260 e. The second kappa shape index (κ2) is 5.69. The first-order valence-electron chi connectivity index (χ1n) is 6.92. The molecule has 2 aromatic heterocycles. The van der Waals surface area contributed by atoms with Gasteiger partial charge in [-0.25, -0.2) is 0 Å². The maximum atomic E-state index is 6.02. The molecule has 0 unspecified atom stereocenters. The summed E-state index contributed by atoms with van der Waals surface area (Å²) in [6, 6.07) is 10.4. The number of aryl methyl sites for hydroxylation is 2. The van der Waals surface area contributed by atoms with E-state index in [1.807, 2.05) is 6.07 Å². The minimum absolute atomic E-state index is 0.505. The van der Waals surface area contributed by atoms with E-state index in [1.54, 1.807) is 11.3 Å². The molecule has 0 aliphatic heterocycles. The van der Waals surface area contributed by atoms with E-state index in [2.05, 4.69) is 48.3 Å². The van der Waals surface area contributed by atoms with Gasteiger partial charge in [0.15, 0.2) is 5.82 Å². The maximum absolute atomic E-state index is 6.02. The van der Waals surface area contributed by atoms with Gasteiger partial charge >= 0.3 is 0 Å². The van der Waals surface area contributed by atoms with Crippen molar-refractivity contribution in [3.8, 4) is 11.5 Å². The maximum Gasteiger partial charge on any atom is 0.260 e. The molecule has 3 rings (SSSR count). The molecule has 0 amide bonds. The van der Waals surface area contributed by atoms with Gasteiger partial charge < -0.3 is 10.3 Å². The Balaban J connectivity index is 1.82. The summed E-state index contributed by atoms with van der Waals surface area (Å²) in [4.78, 5) is 5.68. The lowest BCUT2D eigenvalue weighted by atomic mass is 10.1. The van der Waals surface area contributed by atoms with Crippen molar-refractivity contribution in [2.45, 2.75) is 26.7 Å². The minimum atomic E-state index is 0.505. The SMILES string of the molecule is CCc1cc(-c2nc(Cc3ccc(C)cc3)no2)c(N)s1. The van der Waals surface area contributed by atoms with Gasteiger partial charge in [-0.2, -0.15) is 4.98 Å². The van der Waals surface area contributed by atoms with Gasteiger partial charge in [-0.05, 0) is 25.0 Å². The number of nitrogen functional groups attached to an aromatic ring is 1. The van der Waals surface area contributed by atoms with E-state index >= 15 is 0 Å². The molecular weight excluding hydrogens is 282 g/mol. The minimum Gasteiger partial charge on any atom is -0.390 e. The summed E-state index contributed by atoms with van der Waals surface area (Å²) in [6.45, 7) is 4.17. The topological polar surface area (TPSA) is 64.9 Å². The Kier molecular flexibility index (Phi) is 3.75. The van der Waals surface area contributed by atoms with Crippen LogP contribution >= 0.6 is 11.3 Å². The Labute approximate surface area is 127 Å². The van der Waals surface area contributed by atoms with Crippen molar-refractivity contribution in [2.75, 3.05) is 5.73 Å². The van der Waals surface area contributed by atoms with E-state index in [1.165, 1.54) is 16.0 Å². The molecule has 3 aromatic rings. The summed E-state index contributed by atoms with van der Waals surface area (Å²) in [7, 11) is 0. The van der Waals surface area contributed by atoms with Crippen LogP contribution in [0.1, 0.15) is 28.8 Å². The van der Waals surface area contributed by atoms with Gasteiger partial charge in [0.1, 0.15) is 0 Å². The lowest BCUT2D eigenvalue weighted by Crippen LogP contribution is -1.91. The average molecular weight is 299 g/mol. The van der Waals surface area contributed by atoms with Crippen molar-refractivity contribution in [1.82, 2.24) is 10.1 Å². The van der Waals surface area contributed by atoms with Crippen LogP contribution in [0, 0.1) is 6.92 Å². The molecular formula is C16H17N3OS. The molecule has 21 heavy (non-hydrogen) atoms. The Morgan fingerprint density at radius 3 is 2.67 bits per heavy atom. The molecule has 0 aliphatic carbocycles. The van der Waals surface area contributed by atoms with E-state index in [0.29, 0.717) is 18.1 Å². The number of thiophene rings is 1. The second-order valence-corrected chi connectivity index (χ2v) is 6.19. The molecule has 0 aliphatic rings. The molecule has 2 N–H and O–H groups in total. The zero-order valence-electron chi connectivity index (χ0n) is 12.1. The molecule has 0 saturated carbocycles. The van der Waals surface area contributed by atoms with Crippen molar-refractivity contribution in [3.05, 3.63) is 52.2 Å². The molecule has 108 valence electrons. The van der Waals surface area contributed by atoms with E-state index < -0.39 is 0 Å². The van der Waals surface area contributed by atoms with Crippen LogP contribution in [0.3, 0.4) is 0 Å². The molecule has 0 bridgehead atoms. The Bertz CT molecular complexity index is 743. The summed E-state index contributed by atoms with van der Waals surface area (Å²) < 4.78 is 5.35. The normalized spacial score (nSPS) is 11.0. The highest BCUT2D eigenvalue weighted by Gasteiger charge is 2.15. The number of anilines is 1. The standard InChI is InChI=1S/C16H17N3OS/c1-3-12-9-13(15(17)21-12)16-18-14(19-20-16)8-11-6-4-10(2)5-7-11/h4-7,9H,3,8,17H2,1-2H3. The number of rotatable bonds is 4.